The Kier molecular flexibility index (Phi) is 5.07. The van der Waals surface area contributed by atoms with E-state index in [2.05, 4.69) is 0 Å². The fraction of sp³-hybridized carbons (Fsp3) is 0.562. The van der Waals surface area contributed by atoms with Crippen LogP contribution in [0.4, 0.5) is 0 Å². The van der Waals surface area contributed by atoms with Gasteiger partial charge in [-0.15, -0.1) is 0 Å². The molecule has 0 aliphatic carbocycles. The summed E-state index contributed by atoms with van der Waals surface area (Å²) in [4.78, 5) is 12.2. The number of fused-ring (bicyclic) bond motifs is 1. The van der Waals surface area contributed by atoms with Crippen LogP contribution in [-0.4, -0.2) is 37.5 Å². The van der Waals surface area contributed by atoms with Crippen molar-refractivity contribution in [3.8, 4) is 11.5 Å². The number of aliphatic hydroxyl groups excluding tert-OH is 1. The molecule has 5 heteroatoms. The van der Waals surface area contributed by atoms with Crippen molar-refractivity contribution in [3.63, 3.8) is 0 Å². The molecule has 0 saturated carbocycles. The quantitative estimate of drug-likeness (QED) is 0.816. The Hall–Kier alpha value is -1.75. The van der Waals surface area contributed by atoms with E-state index in [-0.39, 0.29) is 18.2 Å². The molecule has 0 amide bonds. The first kappa shape index (κ1) is 15.6. The van der Waals surface area contributed by atoms with Crippen LogP contribution in [-0.2, 0) is 11.2 Å². The highest BCUT2D eigenvalue weighted by Gasteiger charge is 2.31. The lowest BCUT2D eigenvalue weighted by molar-refractivity contribution is 0.0220. The van der Waals surface area contributed by atoms with Gasteiger partial charge in [0.25, 0.3) is 0 Å². The number of hydrogen-bond donors (Lipinski definition) is 1. The molecular weight excluding hydrogens is 272 g/mol. The zero-order valence-corrected chi connectivity index (χ0v) is 12.7. The molecule has 2 rings (SSSR count). The minimum atomic E-state index is -0.367. The first-order chi connectivity index (χ1) is 10.1. The maximum atomic E-state index is 12.2. The SMILES string of the molecule is COc1ccc2c(c1OC)C(=O)O[C@H](CCCC(C)O)C2. The average Bonchev–Trinajstić information content (AvgIpc) is 2.45. The average molecular weight is 294 g/mol. The topological polar surface area (TPSA) is 65.0 Å². The molecule has 1 aromatic carbocycles. The van der Waals surface area contributed by atoms with Crippen LogP contribution >= 0.6 is 0 Å². The summed E-state index contributed by atoms with van der Waals surface area (Å²) in [6.07, 6.45) is 2.51. The summed E-state index contributed by atoms with van der Waals surface area (Å²) in [5, 5.41) is 9.28. The molecule has 5 nitrogen and oxygen atoms in total. The summed E-state index contributed by atoms with van der Waals surface area (Å²) in [5.74, 6) is 0.595. The molecule has 0 radical (unpaired) electrons. The molecule has 0 bridgehead atoms. The maximum absolute atomic E-state index is 12.2. The zero-order chi connectivity index (χ0) is 15.4. The van der Waals surface area contributed by atoms with Crippen LogP contribution in [0.2, 0.25) is 0 Å². The Balaban J connectivity index is 2.16. The minimum absolute atomic E-state index is 0.137. The van der Waals surface area contributed by atoms with Gasteiger partial charge < -0.3 is 19.3 Å². The summed E-state index contributed by atoms with van der Waals surface area (Å²) in [7, 11) is 3.05. The second-order valence-corrected chi connectivity index (χ2v) is 5.35. The highest BCUT2D eigenvalue weighted by Crippen LogP contribution is 2.37. The van der Waals surface area contributed by atoms with Crippen LogP contribution in [0.15, 0.2) is 12.1 Å². The van der Waals surface area contributed by atoms with Crippen LogP contribution < -0.4 is 9.47 Å². The predicted octanol–water partition coefficient (Wildman–Crippen LogP) is 2.34. The Bertz CT molecular complexity index is 510. The fourth-order valence-electron chi connectivity index (χ4n) is 2.66. The molecule has 2 atom stereocenters. The second kappa shape index (κ2) is 6.80. The van der Waals surface area contributed by atoms with E-state index in [4.69, 9.17) is 14.2 Å². The Morgan fingerprint density at radius 2 is 2.14 bits per heavy atom. The standard InChI is InChI=1S/C16H22O5/c1-10(17)5-4-6-12-9-11-7-8-13(19-2)15(20-3)14(11)16(18)21-12/h7-8,10,12,17H,4-6,9H2,1-3H3/t10?,12-/m1/s1. The third-order valence-corrected chi connectivity index (χ3v) is 3.71. The highest BCUT2D eigenvalue weighted by molar-refractivity contribution is 5.96. The van der Waals surface area contributed by atoms with Gasteiger partial charge in [0.1, 0.15) is 11.7 Å². The van der Waals surface area contributed by atoms with Gasteiger partial charge in [-0.2, -0.15) is 0 Å². The molecule has 1 aliphatic rings. The number of aliphatic hydroxyl groups is 1. The number of carbonyl (C=O) groups is 1. The lowest BCUT2D eigenvalue weighted by Gasteiger charge is -2.26. The van der Waals surface area contributed by atoms with Crippen LogP contribution in [0.5, 0.6) is 11.5 Å². The maximum Gasteiger partial charge on any atom is 0.342 e. The number of carbonyl (C=O) groups excluding carboxylic acids is 1. The van der Waals surface area contributed by atoms with E-state index in [1.807, 2.05) is 12.1 Å². The van der Waals surface area contributed by atoms with Gasteiger partial charge in [-0.3, -0.25) is 0 Å². The first-order valence-electron chi connectivity index (χ1n) is 7.19. The van der Waals surface area contributed by atoms with Gasteiger partial charge in [0, 0.05) is 6.42 Å². The van der Waals surface area contributed by atoms with Gasteiger partial charge in [-0.05, 0) is 37.8 Å². The van der Waals surface area contributed by atoms with Gasteiger partial charge in [-0.25, -0.2) is 4.79 Å². The number of hydrogen-bond acceptors (Lipinski definition) is 5. The van der Waals surface area contributed by atoms with Crippen molar-refractivity contribution in [2.75, 3.05) is 14.2 Å². The number of benzene rings is 1. The Morgan fingerprint density at radius 3 is 2.76 bits per heavy atom. The van der Waals surface area contributed by atoms with E-state index in [9.17, 15) is 9.90 Å². The molecule has 0 fully saturated rings. The summed E-state index contributed by atoms with van der Waals surface area (Å²) >= 11 is 0. The van der Waals surface area contributed by atoms with Crippen molar-refractivity contribution in [1.82, 2.24) is 0 Å². The molecule has 0 saturated heterocycles. The van der Waals surface area contributed by atoms with Gasteiger partial charge >= 0.3 is 5.97 Å². The lowest BCUT2D eigenvalue weighted by Crippen LogP contribution is -2.28. The molecule has 1 unspecified atom stereocenters. The van der Waals surface area contributed by atoms with Crippen molar-refractivity contribution in [1.29, 1.82) is 0 Å². The number of ether oxygens (including phenoxy) is 3. The smallest absolute Gasteiger partial charge is 0.342 e. The van der Waals surface area contributed by atoms with Crippen LogP contribution in [0.3, 0.4) is 0 Å². The molecule has 1 aromatic rings. The number of rotatable bonds is 6. The zero-order valence-electron chi connectivity index (χ0n) is 12.7. The third-order valence-electron chi connectivity index (χ3n) is 3.71. The largest absolute Gasteiger partial charge is 0.493 e. The Morgan fingerprint density at radius 1 is 1.38 bits per heavy atom. The van der Waals surface area contributed by atoms with Crippen molar-refractivity contribution < 1.29 is 24.1 Å². The number of cyclic esters (lactones) is 1. The van der Waals surface area contributed by atoms with E-state index >= 15 is 0 Å². The third kappa shape index (κ3) is 3.47. The van der Waals surface area contributed by atoms with Gasteiger partial charge in [0.05, 0.1) is 20.3 Å². The predicted molar refractivity (Wildman–Crippen MR) is 78.0 cm³/mol. The van der Waals surface area contributed by atoms with Crippen molar-refractivity contribution >= 4 is 5.97 Å². The summed E-state index contributed by atoms with van der Waals surface area (Å²) in [5.41, 5.74) is 1.38. The number of esters is 1. The number of methoxy groups -OCH3 is 2. The molecule has 0 aromatic heterocycles. The lowest BCUT2D eigenvalue weighted by atomic mass is 9.94. The van der Waals surface area contributed by atoms with E-state index < -0.39 is 0 Å². The highest BCUT2D eigenvalue weighted by atomic mass is 16.5. The van der Waals surface area contributed by atoms with E-state index in [1.165, 1.54) is 14.2 Å². The second-order valence-electron chi connectivity index (χ2n) is 5.35. The minimum Gasteiger partial charge on any atom is -0.493 e. The summed E-state index contributed by atoms with van der Waals surface area (Å²) in [6.45, 7) is 1.76. The summed E-state index contributed by atoms with van der Waals surface area (Å²) in [6, 6.07) is 3.70. The molecule has 116 valence electrons. The van der Waals surface area contributed by atoms with Gasteiger partial charge in [0.2, 0.25) is 0 Å². The molecular formula is C16H22O5. The molecule has 21 heavy (non-hydrogen) atoms. The van der Waals surface area contributed by atoms with E-state index in [0.29, 0.717) is 29.9 Å². The molecule has 0 spiro atoms. The van der Waals surface area contributed by atoms with Crippen molar-refractivity contribution in [2.45, 2.75) is 44.8 Å². The van der Waals surface area contributed by atoms with Gasteiger partial charge in [0.15, 0.2) is 11.5 Å². The summed E-state index contributed by atoms with van der Waals surface area (Å²) < 4.78 is 16.0. The van der Waals surface area contributed by atoms with Crippen LogP contribution in [0.25, 0.3) is 0 Å². The molecule has 1 aliphatic heterocycles. The fourth-order valence-corrected chi connectivity index (χ4v) is 2.66. The van der Waals surface area contributed by atoms with Crippen molar-refractivity contribution in [2.24, 2.45) is 0 Å². The monoisotopic (exact) mass is 294 g/mol. The molecule has 1 heterocycles. The molecule has 1 N–H and O–H groups in total. The van der Waals surface area contributed by atoms with E-state index in [1.54, 1.807) is 6.92 Å². The van der Waals surface area contributed by atoms with Gasteiger partial charge in [-0.1, -0.05) is 6.07 Å². The van der Waals surface area contributed by atoms with Crippen LogP contribution in [0.1, 0.15) is 42.1 Å². The van der Waals surface area contributed by atoms with Crippen LogP contribution in [0, 0.1) is 0 Å². The first-order valence-corrected chi connectivity index (χ1v) is 7.19. The Labute approximate surface area is 124 Å². The normalized spacial score (nSPS) is 18.7. The van der Waals surface area contributed by atoms with E-state index in [0.717, 1.165) is 18.4 Å². The van der Waals surface area contributed by atoms with Crippen molar-refractivity contribution in [3.05, 3.63) is 23.3 Å².